The molecule has 0 aromatic heterocycles. The number of nitrogens with zero attached hydrogens (tertiary/aromatic N) is 1. The van der Waals surface area contributed by atoms with Crippen LogP contribution in [0.15, 0.2) is 29.4 Å². The molecule has 0 heterocycles. The van der Waals surface area contributed by atoms with Crippen molar-refractivity contribution in [3.05, 3.63) is 35.4 Å². The van der Waals surface area contributed by atoms with Crippen molar-refractivity contribution in [1.82, 2.24) is 0 Å². The van der Waals surface area contributed by atoms with Crippen molar-refractivity contribution in [2.75, 3.05) is 0 Å². The van der Waals surface area contributed by atoms with Crippen LogP contribution in [-0.4, -0.2) is 6.21 Å². The molecule has 0 saturated carbocycles. The Morgan fingerprint density at radius 2 is 2.29 bits per heavy atom. The average Bonchev–Trinajstić information content (AvgIpc) is 2.18. The lowest BCUT2D eigenvalue weighted by Gasteiger charge is -2.00. The van der Waals surface area contributed by atoms with Gasteiger partial charge in [-0.3, -0.25) is 0 Å². The highest BCUT2D eigenvalue weighted by Gasteiger charge is 1.91. The van der Waals surface area contributed by atoms with Crippen LogP contribution < -0.4 is 0 Å². The lowest BCUT2D eigenvalue weighted by Crippen LogP contribution is -1.87. The Morgan fingerprint density at radius 3 is 3.00 bits per heavy atom. The highest BCUT2D eigenvalue weighted by atomic mass is 16.6. The van der Waals surface area contributed by atoms with E-state index < -0.39 is 0 Å². The van der Waals surface area contributed by atoms with Gasteiger partial charge in [-0.15, -0.1) is 0 Å². The third-order valence-electron chi connectivity index (χ3n) is 1.88. The van der Waals surface area contributed by atoms with Crippen LogP contribution in [0.4, 0.5) is 0 Å². The second-order valence-corrected chi connectivity index (χ2v) is 3.34. The molecule has 1 aromatic rings. The van der Waals surface area contributed by atoms with E-state index in [4.69, 9.17) is 4.84 Å². The van der Waals surface area contributed by atoms with Crippen LogP contribution in [0, 0.1) is 6.92 Å². The molecule has 0 spiro atoms. The zero-order chi connectivity index (χ0) is 10.2. The Bertz CT molecular complexity index is 294. The second kappa shape index (κ2) is 6.19. The summed E-state index contributed by atoms with van der Waals surface area (Å²) in [5.74, 6) is 0. The first-order valence-corrected chi connectivity index (χ1v) is 5.02. The third kappa shape index (κ3) is 4.08. The Kier molecular flexibility index (Phi) is 4.76. The van der Waals surface area contributed by atoms with Crippen molar-refractivity contribution >= 4 is 6.21 Å². The normalized spacial score (nSPS) is 10.7. The molecule has 1 rings (SSSR count). The molecule has 0 amide bonds. The summed E-state index contributed by atoms with van der Waals surface area (Å²) in [5, 5.41) is 3.86. The fourth-order valence-corrected chi connectivity index (χ4v) is 1.15. The first kappa shape index (κ1) is 10.8. The molecular formula is C12H17NO. The van der Waals surface area contributed by atoms with Crippen molar-refractivity contribution in [2.45, 2.75) is 33.3 Å². The molecule has 0 fully saturated rings. The minimum Gasteiger partial charge on any atom is -0.391 e. The molecular weight excluding hydrogens is 174 g/mol. The van der Waals surface area contributed by atoms with E-state index in [2.05, 4.69) is 31.1 Å². The van der Waals surface area contributed by atoms with Crippen LogP contribution in [0.1, 0.15) is 30.9 Å². The van der Waals surface area contributed by atoms with Gasteiger partial charge in [0.25, 0.3) is 0 Å². The van der Waals surface area contributed by atoms with Gasteiger partial charge in [-0.2, -0.15) is 0 Å². The van der Waals surface area contributed by atoms with Crippen LogP contribution >= 0.6 is 0 Å². The maximum absolute atomic E-state index is 5.15. The third-order valence-corrected chi connectivity index (χ3v) is 1.88. The fourth-order valence-electron chi connectivity index (χ4n) is 1.15. The van der Waals surface area contributed by atoms with Gasteiger partial charge in [0.15, 0.2) is 0 Å². The minimum atomic E-state index is 0.557. The molecule has 0 aliphatic heterocycles. The van der Waals surface area contributed by atoms with E-state index in [1.165, 1.54) is 11.1 Å². The number of aryl methyl sites for hydroxylation is 1. The second-order valence-electron chi connectivity index (χ2n) is 3.34. The summed E-state index contributed by atoms with van der Waals surface area (Å²) in [6, 6.07) is 8.26. The first-order chi connectivity index (χ1) is 6.83. The smallest absolute Gasteiger partial charge is 0.142 e. The van der Waals surface area contributed by atoms with Crippen LogP contribution in [0.3, 0.4) is 0 Å². The first-order valence-electron chi connectivity index (χ1n) is 5.02. The topological polar surface area (TPSA) is 21.6 Å². The summed E-state index contributed by atoms with van der Waals surface area (Å²) in [4.78, 5) is 5.15. The highest BCUT2D eigenvalue weighted by molar-refractivity contribution is 5.55. The number of hydrogen-bond acceptors (Lipinski definition) is 2. The number of oxime groups is 1. The Morgan fingerprint density at radius 1 is 1.43 bits per heavy atom. The summed E-state index contributed by atoms with van der Waals surface area (Å²) in [6.45, 7) is 4.75. The van der Waals surface area contributed by atoms with E-state index in [9.17, 15) is 0 Å². The number of benzene rings is 1. The molecule has 2 nitrogen and oxygen atoms in total. The summed E-state index contributed by atoms with van der Waals surface area (Å²) in [7, 11) is 0. The molecule has 0 atom stereocenters. The van der Waals surface area contributed by atoms with Gasteiger partial charge in [0.05, 0.1) is 0 Å². The molecule has 0 N–H and O–H groups in total. The molecule has 2 heteroatoms. The predicted molar refractivity (Wildman–Crippen MR) is 59.4 cm³/mol. The van der Waals surface area contributed by atoms with Crippen molar-refractivity contribution in [2.24, 2.45) is 5.16 Å². The number of rotatable bonds is 5. The lowest BCUT2D eigenvalue weighted by molar-refractivity contribution is 0.131. The summed E-state index contributed by atoms with van der Waals surface area (Å²) >= 11 is 0. The molecule has 76 valence electrons. The largest absolute Gasteiger partial charge is 0.391 e. The van der Waals surface area contributed by atoms with Gasteiger partial charge in [-0.25, -0.2) is 0 Å². The van der Waals surface area contributed by atoms with Gasteiger partial charge in [0.2, 0.25) is 0 Å². The molecule has 0 aliphatic carbocycles. The van der Waals surface area contributed by atoms with Gasteiger partial charge < -0.3 is 4.84 Å². The minimum absolute atomic E-state index is 0.557. The quantitative estimate of drug-likeness (QED) is 0.517. The van der Waals surface area contributed by atoms with Crippen molar-refractivity contribution in [3.8, 4) is 0 Å². The summed E-state index contributed by atoms with van der Waals surface area (Å²) in [5.41, 5.74) is 2.42. The standard InChI is InChI=1S/C12H17NO/c1-3-4-8-13-14-10-12-7-5-6-11(2)9-12/h5-9H,3-4,10H2,1-2H3. The number of unbranched alkanes of at least 4 members (excludes halogenated alkanes) is 1. The van der Waals surface area contributed by atoms with Gasteiger partial charge in [-0.1, -0.05) is 48.3 Å². The lowest BCUT2D eigenvalue weighted by atomic mass is 10.1. The SMILES string of the molecule is CCCC=NOCc1cccc(C)c1. The zero-order valence-electron chi connectivity index (χ0n) is 8.86. The van der Waals surface area contributed by atoms with Crippen molar-refractivity contribution in [3.63, 3.8) is 0 Å². The highest BCUT2D eigenvalue weighted by Crippen LogP contribution is 2.05. The van der Waals surface area contributed by atoms with E-state index in [0.717, 1.165) is 12.8 Å². The fraction of sp³-hybridized carbons (Fsp3) is 0.417. The Balaban J connectivity index is 2.31. The molecule has 0 saturated heterocycles. The van der Waals surface area contributed by atoms with E-state index in [-0.39, 0.29) is 0 Å². The molecule has 0 aliphatic rings. The van der Waals surface area contributed by atoms with Gasteiger partial charge in [0, 0.05) is 6.21 Å². The van der Waals surface area contributed by atoms with Crippen LogP contribution in [0.2, 0.25) is 0 Å². The van der Waals surface area contributed by atoms with E-state index >= 15 is 0 Å². The summed E-state index contributed by atoms with van der Waals surface area (Å²) in [6.07, 6.45) is 3.90. The van der Waals surface area contributed by atoms with Crippen LogP contribution in [0.5, 0.6) is 0 Å². The van der Waals surface area contributed by atoms with Crippen molar-refractivity contribution < 1.29 is 4.84 Å². The summed E-state index contributed by atoms with van der Waals surface area (Å²) < 4.78 is 0. The van der Waals surface area contributed by atoms with E-state index in [1.807, 2.05) is 18.3 Å². The monoisotopic (exact) mass is 191 g/mol. The van der Waals surface area contributed by atoms with Crippen LogP contribution in [-0.2, 0) is 11.4 Å². The Labute approximate surface area is 85.6 Å². The van der Waals surface area contributed by atoms with E-state index in [0.29, 0.717) is 6.61 Å². The average molecular weight is 191 g/mol. The van der Waals surface area contributed by atoms with Gasteiger partial charge in [0.1, 0.15) is 6.61 Å². The predicted octanol–water partition coefficient (Wildman–Crippen LogP) is 3.30. The molecule has 14 heavy (non-hydrogen) atoms. The molecule has 0 unspecified atom stereocenters. The maximum Gasteiger partial charge on any atom is 0.142 e. The van der Waals surface area contributed by atoms with Crippen LogP contribution in [0.25, 0.3) is 0 Å². The Hall–Kier alpha value is -1.31. The molecule has 0 radical (unpaired) electrons. The zero-order valence-corrected chi connectivity index (χ0v) is 8.86. The van der Waals surface area contributed by atoms with Crippen molar-refractivity contribution in [1.29, 1.82) is 0 Å². The number of hydrogen-bond donors (Lipinski definition) is 0. The van der Waals surface area contributed by atoms with E-state index in [1.54, 1.807) is 0 Å². The van der Waals surface area contributed by atoms with Gasteiger partial charge >= 0.3 is 0 Å². The molecule has 0 bridgehead atoms. The maximum atomic E-state index is 5.15. The molecule has 1 aromatic carbocycles. The van der Waals surface area contributed by atoms with Gasteiger partial charge in [-0.05, 0) is 18.9 Å².